The van der Waals surface area contributed by atoms with Gasteiger partial charge in [-0.05, 0) is 50.3 Å². The minimum atomic E-state index is -0.0749. The Hall–Kier alpha value is -2.57. The quantitative estimate of drug-likeness (QED) is 0.278. The summed E-state index contributed by atoms with van der Waals surface area (Å²) >= 11 is 0. The third-order valence-corrected chi connectivity index (χ3v) is 4.85. The third kappa shape index (κ3) is 7.21. The molecule has 1 aliphatic carbocycles. The molecule has 0 atom stereocenters. The van der Waals surface area contributed by atoms with E-state index >= 15 is 0 Å². The molecule has 0 radical (unpaired) electrons. The van der Waals surface area contributed by atoms with Gasteiger partial charge in [0.15, 0.2) is 5.96 Å². The summed E-state index contributed by atoms with van der Waals surface area (Å²) in [5.74, 6) is 1.13. The van der Waals surface area contributed by atoms with Crippen molar-refractivity contribution >= 4 is 17.8 Å². The van der Waals surface area contributed by atoms with Crippen LogP contribution < -0.4 is 21.3 Å². The van der Waals surface area contributed by atoms with E-state index in [1.807, 2.05) is 31.2 Å². The highest BCUT2D eigenvalue weighted by Gasteiger charge is 2.24. The van der Waals surface area contributed by atoms with Crippen LogP contribution in [0.25, 0.3) is 0 Å². The van der Waals surface area contributed by atoms with Crippen molar-refractivity contribution in [2.45, 2.75) is 39.0 Å². The summed E-state index contributed by atoms with van der Waals surface area (Å²) in [4.78, 5) is 28.1. The van der Waals surface area contributed by atoms with Gasteiger partial charge in [0.2, 0.25) is 5.91 Å². The van der Waals surface area contributed by atoms with Gasteiger partial charge in [-0.15, -0.1) is 0 Å². The van der Waals surface area contributed by atoms with Crippen LogP contribution in [0.4, 0.5) is 0 Å². The zero-order valence-corrected chi connectivity index (χ0v) is 17.0. The third-order valence-electron chi connectivity index (χ3n) is 4.85. The van der Waals surface area contributed by atoms with Crippen molar-refractivity contribution in [1.29, 1.82) is 0 Å². The number of hydrogen-bond acceptors (Lipinski definition) is 3. The van der Waals surface area contributed by atoms with Crippen LogP contribution >= 0.6 is 0 Å². The van der Waals surface area contributed by atoms with Gasteiger partial charge in [-0.25, -0.2) is 0 Å². The Bertz CT molecular complexity index is 671. The fourth-order valence-electron chi connectivity index (χ4n) is 2.98. The highest BCUT2D eigenvalue weighted by atomic mass is 16.2. The number of benzene rings is 1. The summed E-state index contributed by atoms with van der Waals surface area (Å²) in [6.07, 6.45) is 4.86. The molecule has 4 N–H and O–H groups in total. The topological polar surface area (TPSA) is 94.6 Å². The van der Waals surface area contributed by atoms with Crippen LogP contribution in [0.2, 0.25) is 0 Å². The normalized spacial score (nSPS) is 14.1. The lowest BCUT2D eigenvalue weighted by molar-refractivity contribution is -0.127. The van der Waals surface area contributed by atoms with Gasteiger partial charge in [-0.1, -0.05) is 18.6 Å². The molecule has 1 aromatic carbocycles. The zero-order chi connectivity index (χ0) is 20.2. The van der Waals surface area contributed by atoms with Gasteiger partial charge in [0.1, 0.15) is 0 Å². The van der Waals surface area contributed by atoms with E-state index in [1.165, 1.54) is 6.42 Å². The molecule has 2 amide bonds. The van der Waals surface area contributed by atoms with Gasteiger partial charge in [0, 0.05) is 44.7 Å². The van der Waals surface area contributed by atoms with Gasteiger partial charge in [-0.2, -0.15) is 0 Å². The average molecular weight is 388 g/mol. The number of hydrogen-bond donors (Lipinski definition) is 4. The summed E-state index contributed by atoms with van der Waals surface area (Å²) in [7, 11) is 1.63. The zero-order valence-electron chi connectivity index (χ0n) is 17.0. The van der Waals surface area contributed by atoms with Gasteiger partial charge in [0.25, 0.3) is 5.91 Å². The molecule has 7 nitrogen and oxygen atoms in total. The highest BCUT2D eigenvalue weighted by Crippen LogP contribution is 2.25. The molecule has 1 fully saturated rings. The maximum atomic E-state index is 11.8. The van der Waals surface area contributed by atoms with Crippen LogP contribution in [0, 0.1) is 5.92 Å². The van der Waals surface area contributed by atoms with Crippen LogP contribution in [-0.4, -0.2) is 51.0 Å². The van der Waals surface area contributed by atoms with Crippen molar-refractivity contribution in [1.82, 2.24) is 21.3 Å². The van der Waals surface area contributed by atoms with Crippen LogP contribution in [0.5, 0.6) is 0 Å². The molecule has 0 bridgehead atoms. The molecular weight excluding hydrogens is 354 g/mol. The summed E-state index contributed by atoms with van der Waals surface area (Å²) in [5.41, 5.74) is 1.77. The highest BCUT2D eigenvalue weighted by molar-refractivity contribution is 5.94. The van der Waals surface area contributed by atoms with Crippen LogP contribution in [0.1, 0.15) is 48.5 Å². The number of aliphatic imine (C=N–C) groups is 1. The molecule has 1 saturated carbocycles. The number of amides is 2. The Morgan fingerprint density at radius 2 is 1.96 bits per heavy atom. The number of nitrogens with zero attached hydrogens (tertiary/aromatic N) is 1. The number of carbonyl (C=O) groups excluding carboxylic acids is 2. The summed E-state index contributed by atoms with van der Waals surface area (Å²) < 4.78 is 0. The van der Waals surface area contributed by atoms with Gasteiger partial charge in [-0.3, -0.25) is 14.6 Å². The van der Waals surface area contributed by atoms with Crippen molar-refractivity contribution in [3.63, 3.8) is 0 Å². The molecule has 0 saturated heterocycles. The standard InChI is InChI=1S/C21H33N5O2/c1-3-23-21(25-13-6-12-24-20(28)17-8-5-9-17)26-14-11-16-7-4-10-18(15-16)19(27)22-2/h4,7,10,15,17H,3,5-6,8-9,11-14H2,1-2H3,(H,22,27)(H,24,28)(H2,23,25,26). The lowest BCUT2D eigenvalue weighted by Gasteiger charge is -2.23. The minimum Gasteiger partial charge on any atom is -0.357 e. The van der Waals surface area contributed by atoms with Crippen LogP contribution in [0.15, 0.2) is 29.3 Å². The van der Waals surface area contributed by atoms with Gasteiger partial charge >= 0.3 is 0 Å². The Morgan fingerprint density at radius 3 is 2.64 bits per heavy atom. The first kappa shape index (κ1) is 21.7. The van der Waals surface area contributed by atoms with Gasteiger partial charge < -0.3 is 21.3 Å². The van der Waals surface area contributed by atoms with E-state index in [0.29, 0.717) is 18.7 Å². The molecule has 28 heavy (non-hydrogen) atoms. The van der Waals surface area contributed by atoms with E-state index in [0.717, 1.165) is 50.3 Å². The predicted octanol–water partition coefficient (Wildman–Crippen LogP) is 1.45. The lowest BCUT2D eigenvalue weighted by atomic mass is 9.85. The average Bonchev–Trinajstić information content (AvgIpc) is 2.66. The molecular formula is C21H33N5O2. The van der Waals surface area contributed by atoms with E-state index in [1.54, 1.807) is 7.05 Å². The van der Waals surface area contributed by atoms with E-state index in [9.17, 15) is 9.59 Å². The fraction of sp³-hybridized carbons (Fsp3) is 0.571. The van der Waals surface area contributed by atoms with Crippen molar-refractivity contribution in [2.24, 2.45) is 10.9 Å². The maximum absolute atomic E-state index is 11.8. The van der Waals surface area contributed by atoms with Crippen molar-refractivity contribution in [3.8, 4) is 0 Å². The fourth-order valence-corrected chi connectivity index (χ4v) is 2.98. The second-order valence-electron chi connectivity index (χ2n) is 6.99. The van der Waals surface area contributed by atoms with E-state index in [2.05, 4.69) is 26.3 Å². The second kappa shape index (κ2) is 12.0. The first-order valence-electron chi connectivity index (χ1n) is 10.2. The molecule has 0 spiro atoms. The molecule has 2 rings (SSSR count). The van der Waals surface area contributed by atoms with Crippen molar-refractivity contribution in [2.75, 3.05) is 33.2 Å². The number of rotatable bonds is 10. The molecule has 0 aromatic heterocycles. The number of carbonyl (C=O) groups is 2. The number of guanidine groups is 1. The lowest BCUT2D eigenvalue weighted by Crippen LogP contribution is -2.38. The largest absolute Gasteiger partial charge is 0.357 e. The van der Waals surface area contributed by atoms with E-state index in [4.69, 9.17) is 0 Å². The van der Waals surface area contributed by atoms with Crippen LogP contribution in [0.3, 0.4) is 0 Å². The molecule has 1 aliphatic rings. The first-order chi connectivity index (χ1) is 13.6. The second-order valence-corrected chi connectivity index (χ2v) is 6.99. The molecule has 1 aromatic rings. The minimum absolute atomic E-state index is 0.0749. The van der Waals surface area contributed by atoms with E-state index < -0.39 is 0 Å². The molecule has 0 unspecified atom stereocenters. The molecule has 0 heterocycles. The summed E-state index contributed by atoms with van der Waals surface area (Å²) in [5, 5.41) is 12.2. The number of nitrogens with one attached hydrogen (secondary N) is 4. The molecule has 7 heteroatoms. The summed E-state index contributed by atoms with van der Waals surface area (Å²) in [6.45, 7) is 4.87. The Balaban J connectivity index is 1.70. The summed E-state index contributed by atoms with van der Waals surface area (Å²) in [6, 6.07) is 7.64. The van der Waals surface area contributed by atoms with Gasteiger partial charge in [0.05, 0.1) is 0 Å². The van der Waals surface area contributed by atoms with Crippen molar-refractivity contribution in [3.05, 3.63) is 35.4 Å². The maximum Gasteiger partial charge on any atom is 0.251 e. The Labute approximate surface area is 167 Å². The smallest absolute Gasteiger partial charge is 0.251 e. The Kier molecular flexibility index (Phi) is 9.31. The van der Waals surface area contributed by atoms with Crippen LogP contribution in [-0.2, 0) is 11.2 Å². The monoisotopic (exact) mass is 387 g/mol. The SMILES string of the molecule is CCNC(=NCCCNC(=O)C1CCC1)NCCc1cccc(C(=O)NC)c1. The first-order valence-corrected chi connectivity index (χ1v) is 10.2. The molecule has 0 aliphatic heterocycles. The van der Waals surface area contributed by atoms with E-state index in [-0.39, 0.29) is 17.7 Å². The Morgan fingerprint density at radius 1 is 1.14 bits per heavy atom. The van der Waals surface area contributed by atoms with Crippen molar-refractivity contribution < 1.29 is 9.59 Å². The predicted molar refractivity (Wildman–Crippen MR) is 112 cm³/mol. The molecule has 154 valence electrons.